The van der Waals surface area contributed by atoms with E-state index in [9.17, 15) is 0 Å². The number of nitrogens with zero attached hydrogens (tertiary/aromatic N) is 2. The molecule has 0 bridgehead atoms. The first-order valence-corrected chi connectivity index (χ1v) is 7.91. The van der Waals surface area contributed by atoms with Crippen LogP contribution in [-0.2, 0) is 6.42 Å². The molecular weight excluding hydrogens is 232 g/mol. The highest BCUT2D eigenvalue weighted by molar-refractivity contribution is 5.50. The molecule has 0 N–H and O–H groups in total. The number of rotatable bonds is 3. The Morgan fingerprint density at radius 1 is 1.21 bits per heavy atom. The molecule has 2 fully saturated rings. The van der Waals surface area contributed by atoms with Crippen LogP contribution in [0.3, 0.4) is 0 Å². The minimum atomic E-state index is 0.696. The van der Waals surface area contributed by atoms with Crippen molar-refractivity contribution in [3.8, 4) is 0 Å². The van der Waals surface area contributed by atoms with Crippen LogP contribution in [0.15, 0.2) is 24.3 Å². The Labute approximate surface area is 117 Å². The maximum Gasteiger partial charge on any atom is 0.0415 e. The summed E-state index contributed by atoms with van der Waals surface area (Å²) in [5, 5.41) is 0. The highest BCUT2D eigenvalue weighted by Gasteiger charge is 2.35. The van der Waals surface area contributed by atoms with Crippen molar-refractivity contribution in [3.05, 3.63) is 29.8 Å². The molecule has 2 nitrogen and oxygen atoms in total. The molecule has 1 aromatic carbocycles. The molecule has 0 saturated carbocycles. The lowest BCUT2D eigenvalue weighted by Gasteiger charge is -2.45. The smallest absolute Gasteiger partial charge is 0.0415 e. The monoisotopic (exact) mass is 258 g/mol. The van der Waals surface area contributed by atoms with Crippen molar-refractivity contribution >= 4 is 5.69 Å². The summed E-state index contributed by atoms with van der Waals surface area (Å²) < 4.78 is 0. The second-order valence-corrected chi connectivity index (χ2v) is 6.03. The molecule has 0 amide bonds. The normalized spacial score (nSPS) is 27.6. The first-order chi connectivity index (χ1) is 9.31. The van der Waals surface area contributed by atoms with E-state index >= 15 is 0 Å². The van der Waals surface area contributed by atoms with E-state index < -0.39 is 0 Å². The van der Waals surface area contributed by atoms with Gasteiger partial charge in [0.25, 0.3) is 0 Å². The molecule has 2 heterocycles. The van der Waals surface area contributed by atoms with Crippen LogP contribution in [0.1, 0.15) is 38.7 Å². The van der Waals surface area contributed by atoms with Gasteiger partial charge in [-0.25, -0.2) is 0 Å². The fourth-order valence-electron chi connectivity index (χ4n) is 3.71. The quantitative estimate of drug-likeness (QED) is 0.820. The van der Waals surface area contributed by atoms with Gasteiger partial charge in [-0.1, -0.05) is 26.0 Å². The Balaban J connectivity index is 1.84. The molecule has 0 spiro atoms. The molecule has 2 saturated heterocycles. The molecule has 0 aromatic heterocycles. The zero-order valence-electron chi connectivity index (χ0n) is 12.3. The maximum atomic E-state index is 2.72. The second kappa shape index (κ2) is 5.54. The average Bonchev–Trinajstić information content (AvgIpc) is 2.93. The molecule has 2 heteroatoms. The van der Waals surface area contributed by atoms with Gasteiger partial charge in [0, 0.05) is 30.9 Å². The maximum absolute atomic E-state index is 2.72. The minimum Gasteiger partial charge on any atom is -0.366 e. The number of benzene rings is 1. The molecule has 0 radical (unpaired) electrons. The van der Waals surface area contributed by atoms with Crippen LogP contribution in [0, 0.1) is 0 Å². The number of hydrogen-bond donors (Lipinski definition) is 0. The van der Waals surface area contributed by atoms with E-state index in [2.05, 4.69) is 47.9 Å². The molecule has 2 aliphatic rings. The summed E-state index contributed by atoms with van der Waals surface area (Å²) >= 11 is 0. The Bertz CT molecular complexity index is 429. The molecule has 2 unspecified atom stereocenters. The summed E-state index contributed by atoms with van der Waals surface area (Å²) in [6.45, 7) is 8.39. The van der Waals surface area contributed by atoms with Crippen LogP contribution in [0.25, 0.3) is 0 Å². The minimum absolute atomic E-state index is 0.696. The molecule has 1 aromatic rings. The van der Waals surface area contributed by atoms with Gasteiger partial charge in [-0.15, -0.1) is 0 Å². The number of aryl methyl sites for hydroxylation is 1. The SMILES string of the molecule is CCc1cccc(N2CC3CCCN3CC2CC)c1. The summed E-state index contributed by atoms with van der Waals surface area (Å²) in [5.41, 5.74) is 2.90. The zero-order chi connectivity index (χ0) is 13.2. The molecule has 19 heavy (non-hydrogen) atoms. The predicted molar refractivity (Wildman–Crippen MR) is 81.8 cm³/mol. The summed E-state index contributed by atoms with van der Waals surface area (Å²) in [5.74, 6) is 0. The van der Waals surface area contributed by atoms with Crippen LogP contribution in [0.2, 0.25) is 0 Å². The first-order valence-electron chi connectivity index (χ1n) is 7.91. The number of anilines is 1. The fraction of sp³-hybridized carbons (Fsp3) is 0.647. The van der Waals surface area contributed by atoms with Gasteiger partial charge in [0.2, 0.25) is 0 Å². The lowest BCUT2D eigenvalue weighted by Crippen LogP contribution is -2.56. The summed E-state index contributed by atoms with van der Waals surface area (Å²) in [4.78, 5) is 5.39. The van der Waals surface area contributed by atoms with Gasteiger partial charge in [0.1, 0.15) is 0 Å². The van der Waals surface area contributed by atoms with Crippen LogP contribution in [0.4, 0.5) is 5.69 Å². The molecule has 3 rings (SSSR count). The van der Waals surface area contributed by atoms with Crippen molar-refractivity contribution < 1.29 is 0 Å². The highest BCUT2D eigenvalue weighted by atomic mass is 15.3. The van der Waals surface area contributed by atoms with E-state index in [1.54, 1.807) is 0 Å². The summed E-state index contributed by atoms with van der Waals surface area (Å²) in [6, 6.07) is 10.7. The van der Waals surface area contributed by atoms with Crippen LogP contribution < -0.4 is 4.90 Å². The van der Waals surface area contributed by atoms with Crippen LogP contribution in [-0.4, -0.2) is 36.6 Å². The standard InChI is InChI=1S/C17H26N2/c1-3-14-7-5-8-16(11-14)19-13-17-9-6-10-18(17)12-15(19)4-2/h5,7-8,11,15,17H,3-4,6,9-10,12-13H2,1-2H3. The van der Waals surface area contributed by atoms with Gasteiger partial charge in [-0.2, -0.15) is 0 Å². The third kappa shape index (κ3) is 2.51. The molecule has 2 atom stereocenters. The summed E-state index contributed by atoms with van der Waals surface area (Å²) in [7, 11) is 0. The van der Waals surface area contributed by atoms with Gasteiger partial charge in [0.05, 0.1) is 0 Å². The number of hydrogen-bond acceptors (Lipinski definition) is 2. The van der Waals surface area contributed by atoms with Crippen LogP contribution in [0.5, 0.6) is 0 Å². The van der Waals surface area contributed by atoms with Gasteiger partial charge >= 0.3 is 0 Å². The van der Waals surface area contributed by atoms with Crippen molar-refractivity contribution in [2.24, 2.45) is 0 Å². The highest BCUT2D eigenvalue weighted by Crippen LogP contribution is 2.30. The van der Waals surface area contributed by atoms with Crippen molar-refractivity contribution in [2.45, 2.75) is 51.6 Å². The second-order valence-electron chi connectivity index (χ2n) is 6.03. The summed E-state index contributed by atoms with van der Waals surface area (Å²) in [6.07, 6.45) is 5.16. The third-order valence-electron chi connectivity index (χ3n) is 4.91. The Kier molecular flexibility index (Phi) is 3.79. The average molecular weight is 258 g/mol. The fourth-order valence-corrected chi connectivity index (χ4v) is 3.71. The molecule has 0 aliphatic carbocycles. The van der Waals surface area contributed by atoms with Gasteiger partial charge < -0.3 is 4.90 Å². The van der Waals surface area contributed by atoms with Crippen molar-refractivity contribution in [1.82, 2.24) is 4.90 Å². The van der Waals surface area contributed by atoms with E-state index in [0.29, 0.717) is 6.04 Å². The van der Waals surface area contributed by atoms with Crippen LogP contribution >= 0.6 is 0 Å². The van der Waals surface area contributed by atoms with Gasteiger partial charge in [-0.3, -0.25) is 4.90 Å². The zero-order valence-corrected chi connectivity index (χ0v) is 12.3. The topological polar surface area (TPSA) is 6.48 Å². The lowest BCUT2D eigenvalue weighted by atomic mass is 10.0. The number of fused-ring (bicyclic) bond motifs is 1. The van der Waals surface area contributed by atoms with E-state index in [1.165, 1.54) is 50.1 Å². The van der Waals surface area contributed by atoms with Crippen molar-refractivity contribution in [2.75, 3.05) is 24.5 Å². The number of piperazine rings is 1. The van der Waals surface area contributed by atoms with Gasteiger partial charge in [0.15, 0.2) is 0 Å². The van der Waals surface area contributed by atoms with Gasteiger partial charge in [-0.05, 0) is 49.9 Å². The first kappa shape index (κ1) is 13.0. The van der Waals surface area contributed by atoms with E-state index in [-0.39, 0.29) is 0 Å². The largest absolute Gasteiger partial charge is 0.366 e. The van der Waals surface area contributed by atoms with Crippen molar-refractivity contribution in [3.63, 3.8) is 0 Å². The van der Waals surface area contributed by atoms with E-state index in [1.807, 2.05) is 0 Å². The third-order valence-corrected chi connectivity index (χ3v) is 4.91. The van der Waals surface area contributed by atoms with E-state index in [4.69, 9.17) is 0 Å². The lowest BCUT2D eigenvalue weighted by molar-refractivity contribution is 0.194. The molecular formula is C17H26N2. The Morgan fingerprint density at radius 2 is 2.11 bits per heavy atom. The molecule has 104 valence electrons. The Hall–Kier alpha value is -1.02. The van der Waals surface area contributed by atoms with Crippen molar-refractivity contribution in [1.29, 1.82) is 0 Å². The predicted octanol–water partition coefficient (Wildman–Crippen LogP) is 3.31. The Morgan fingerprint density at radius 3 is 2.89 bits per heavy atom. The van der Waals surface area contributed by atoms with E-state index in [0.717, 1.165) is 12.5 Å². The molecule has 2 aliphatic heterocycles.